The van der Waals surface area contributed by atoms with Gasteiger partial charge in [-0.2, -0.15) is 0 Å². The van der Waals surface area contributed by atoms with Crippen molar-refractivity contribution >= 4 is 11.5 Å². The Bertz CT molecular complexity index is 823. The van der Waals surface area contributed by atoms with Gasteiger partial charge in [0.05, 0.1) is 11.3 Å². The first kappa shape index (κ1) is 18.3. The Kier molecular flexibility index (Phi) is 5.49. The fourth-order valence-corrected chi connectivity index (χ4v) is 2.90. The molecule has 2 aromatic heterocycles. The fourth-order valence-electron chi connectivity index (χ4n) is 2.90. The first-order valence-corrected chi connectivity index (χ1v) is 8.67. The maximum atomic E-state index is 13.0. The molecule has 0 aliphatic heterocycles. The highest BCUT2D eigenvalue weighted by molar-refractivity contribution is 6.29. The van der Waals surface area contributed by atoms with Crippen molar-refractivity contribution in [1.29, 1.82) is 0 Å². The number of nitrogens with zero attached hydrogens (tertiary/aromatic N) is 5. The average Bonchev–Trinajstić information content (AvgIpc) is 3.03. The van der Waals surface area contributed by atoms with E-state index in [0.29, 0.717) is 23.6 Å². The summed E-state index contributed by atoms with van der Waals surface area (Å²) in [5, 5.41) is 4.37. The Balaban J connectivity index is 1.97. The number of ketones is 1. The topological polar surface area (TPSA) is 63.0 Å². The fraction of sp³-hybridized carbons (Fsp3) is 0.421. The van der Waals surface area contributed by atoms with Crippen molar-refractivity contribution in [3.05, 3.63) is 53.1 Å². The van der Waals surface area contributed by atoms with Crippen molar-refractivity contribution in [2.24, 2.45) is 5.16 Å². The molecule has 3 rings (SSSR count). The molecule has 2 aromatic rings. The first-order chi connectivity index (χ1) is 12.5. The molecule has 0 unspecified atom stereocenters. The second-order valence-electron chi connectivity index (χ2n) is 6.90. The summed E-state index contributed by atoms with van der Waals surface area (Å²) in [4.78, 5) is 26.8. The highest BCUT2D eigenvalue weighted by atomic mass is 16.6. The number of aromatic nitrogens is 2. The van der Waals surface area contributed by atoms with Gasteiger partial charge >= 0.3 is 0 Å². The van der Waals surface area contributed by atoms with Gasteiger partial charge in [-0.1, -0.05) is 5.16 Å². The monoisotopic (exact) mass is 355 g/mol. The summed E-state index contributed by atoms with van der Waals surface area (Å²) in [6.45, 7) is 2.84. The van der Waals surface area contributed by atoms with Gasteiger partial charge in [-0.05, 0) is 40.3 Å². The van der Waals surface area contributed by atoms with Crippen LogP contribution in [-0.2, 0) is 11.4 Å². The summed E-state index contributed by atoms with van der Waals surface area (Å²) in [5.74, 6) is -0.0147. The zero-order chi connectivity index (χ0) is 18.7. The molecule has 0 bridgehead atoms. The number of hydrogen-bond acceptors (Lipinski definition) is 6. The molecule has 138 valence electrons. The molecule has 1 aliphatic rings. The number of hydrogen-bond donors (Lipinski definition) is 0. The number of likely N-dealkylation sites (N-methyl/N-ethyl adjacent to an activating group) is 2. The van der Waals surface area contributed by atoms with Gasteiger partial charge in [-0.3, -0.25) is 9.78 Å². The molecule has 0 amide bonds. The van der Waals surface area contributed by atoms with Gasteiger partial charge in [0.25, 0.3) is 0 Å². The van der Waals surface area contributed by atoms with Crippen LogP contribution in [0.4, 0.5) is 0 Å². The molecular formula is C19H25N5O2. The van der Waals surface area contributed by atoms with Gasteiger partial charge in [-0.25, -0.2) is 0 Å². The number of pyridine rings is 1. The molecule has 1 aliphatic carbocycles. The third-order valence-electron chi connectivity index (χ3n) is 4.33. The van der Waals surface area contributed by atoms with Gasteiger partial charge in [-0.15, -0.1) is 0 Å². The molecule has 0 radical (unpaired) electrons. The lowest BCUT2D eigenvalue weighted by Gasteiger charge is -2.20. The minimum absolute atomic E-state index is 0.0147. The van der Waals surface area contributed by atoms with Crippen molar-refractivity contribution in [3.8, 4) is 0 Å². The summed E-state index contributed by atoms with van der Waals surface area (Å²) in [6, 6.07) is 3.77. The Labute approximate surface area is 153 Å². The summed E-state index contributed by atoms with van der Waals surface area (Å²) in [6.07, 6.45) is 5.23. The van der Waals surface area contributed by atoms with Crippen LogP contribution in [0, 0.1) is 0 Å². The van der Waals surface area contributed by atoms with E-state index in [1.807, 2.05) is 56.0 Å². The lowest BCUT2D eigenvalue weighted by molar-refractivity contribution is 0.102. The van der Waals surface area contributed by atoms with Crippen LogP contribution in [0.25, 0.3) is 0 Å². The molecule has 0 N–H and O–H groups in total. The minimum Gasteiger partial charge on any atom is -0.394 e. The molecule has 0 spiro atoms. The molecule has 7 heteroatoms. The predicted molar refractivity (Wildman–Crippen MR) is 101 cm³/mol. The average molecular weight is 355 g/mol. The number of fused-ring (bicyclic) bond motifs is 2. The largest absolute Gasteiger partial charge is 0.394 e. The third kappa shape index (κ3) is 3.68. The summed E-state index contributed by atoms with van der Waals surface area (Å²) < 4.78 is 1.99. The molecule has 0 fully saturated rings. The van der Waals surface area contributed by atoms with Crippen LogP contribution in [0.3, 0.4) is 0 Å². The van der Waals surface area contributed by atoms with Gasteiger partial charge < -0.3 is 19.2 Å². The Morgan fingerprint density at radius 2 is 1.85 bits per heavy atom. The Morgan fingerprint density at radius 1 is 1.08 bits per heavy atom. The van der Waals surface area contributed by atoms with Crippen molar-refractivity contribution in [2.75, 3.05) is 47.9 Å². The van der Waals surface area contributed by atoms with Crippen molar-refractivity contribution in [2.45, 2.75) is 6.54 Å². The molecule has 0 saturated heterocycles. The first-order valence-electron chi connectivity index (χ1n) is 8.67. The van der Waals surface area contributed by atoms with Crippen LogP contribution in [-0.4, -0.2) is 78.7 Å². The lowest BCUT2D eigenvalue weighted by atomic mass is 9.89. The maximum Gasteiger partial charge on any atom is 0.212 e. The second kappa shape index (κ2) is 7.80. The Hall–Kier alpha value is -2.51. The second-order valence-corrected chi connectivity index (χ2v) is 6.90. The van der Waals surface area contributed by atoms with Crippen LogP contribution < -0.4 is 0 Å². The van der Waals surface area contributed by atoms with Crippen LogP contribution in [0.1, 0.15) is 27.2 Å². The van der Waals surface area contributed by atoms with Crippen LogP contribution in [0.2, 0.25) is 0 Å². The van der Waals surface area contributed by atoms with Crippen molar-refractivity contribution in [1.82, 2.24) is 19.4 Å². The van der Waals surface area contributed by atoms with E-state index in [0.717, 1.165) is 30.8 Å². The van der Waals surface area contributed by atoms with E-state index in [4.69, 9.17) is 4.84 Å². The number of carbonyl (C=O) groups is 1. The van der Waals surface area contributed by atoms with Gasteiger partial charge in [0, 0.05) is 49.4 Å². The van der Waals surface area contributed by atoms with Gasteiger partial charge in [0.15, 0.2) is 0 Å². The zero-order valence-corrected chi connectivity index (χ0v) is 15.8. The number of rotatable bonds is 7. The number of carbonyl (C=O) groups excluding carboxylic acids is 1. The molecule has 2 heterocycles. The quantitative estimate of drug-likeness (QED) is 0.472. The van der Waals surface area contributed by atoms with Crippen LogP contribution >= 0.6 is 0 Å². The smallest absolute Gasteiger partial charge is 0.212 e. The zero-order valence-electron chi connectivity index (χ0n) is 15.8. The van der Waals surface area contributed by atoms with Crippen molar-refractivity contribution < 1.29 is 9.63 Å². The van der Waals surface area contributed by atoms with Gasteiger partial charge in [0.1, 0.15) is 12.3 Å². The van der Waals surface area contributed by atoms with E-state index < -0.39 is 0 Å². The lowest BCUT2D eigenvalue weighted by Crippen LogP contribution is -2.26. The molecule has 0 aromatic carbocycles. The van der Waals surface area contributed by atoms with E-state index in [-0.39, 0.29) is 5.78 Å². The third-order valence-corrected chi connectivity index (χ3v) is 4.33. The molecule has 0 atom stereocenters. The van der Waals surface area contributed by atoms with Crippen molar-refractivity contribution in [3.63, 3.8) is 0 Å². The Morgan fingerprint density at radius 3 is 2.58 bits per heavy atom. The molecule has 0 saturated carbocycles. The summed E-state index contributed by atoms with van der Waals surface area (Å²) >= 11 is 0. The van der Waals surface area contributed by atoms with E-state index in [2.05, 4.69) is 15.0 Å². The minimum atomic E-state index is -0.0147. The molecular weight excluding hydrogens is 330 g/mol. The van der Waals surface area contributed by atoms with Crippen LogP contribution in [0.5, 0.6) is 0 Å². The van der Waals surface area contributed by atoms with Crippen LogP contribution in [0.15, 0.2) is 35.9 Å². The summed E-state index contributed by atoms with van der Waals surface area (Å²) in [5.41, 5.74) is 3.51. The highest BCUT2D eigenvalue weighted by Crippen LogP contribution is 2.28. The van der Waals surface area contributed by atoms with E-state index >= 15 is 0 Å². The van der Waals surface area contributed by atoms with E-state index in [1.54, 1.807) is 12.4 Å². The van der Waals surface area contributed by atoms with E-state index in [1.165, 1.54) is 0 Å². The van der Waals surface area contributed by atoms with E-state index in [9.17, 15) is 4.79 Å². The molecule has 7 nitrogen and oxygen atoms in total. The summed E-state index contributed by atoms with van der Waals surface area (Å²) in [7, 11) is 8.00. The van der Waals surface area contributed by atoms with Gasteiger partial charge in [0.2, 0.25) is 5.78 Å². The standard InChI is InChI=1S/C19H25N5O2/c1-22(2)9-10-24-8-6-15-17(21-26-12-11-23(3)4)14-5-7-20-13-16(14)19(25)18(15)24/h5-8,13H,9-12H2,1-4H3/b21-17-. The highest BCUT2D eigenvalue weighted by Gasteiger charge is 2.31. The number of oxime groups is 1. The SMILES string of the molecule is CN(C)CCO/N=C1/c2ccncc2C(=O)c2c1ccn2CCN(C)C. The molecule has 26 heavy (non-hydrogen) atoms. The normalized spacial score (nSPS) is 14.8. The maximum absolute atomic E-state index is 13.0. The predicted octanol–water partition coefficient (Wildman–Crippen LogP) is 1.32.